The number of carbonyl (C=O) groups excluding carboxylic acids is 3. The van der Waals surface area contributed by atoms with Crippen molar-refractivity contribution in [3.05, 3.63) is 88.0 Å². The third kappa shape index (κ3) is 8.96. The lowest BCUT2D eigenvalue weighted by Crippen LogP contribution is -2.71. The molecule has 0 radical (unpaired) electrons. The third-order valence-electron chi connectivity index (χ3n) is 7.57. The van der Waals surface area contributed by atoms with Crippen molar-refractivity contribution in [3.63, 3.8) is 0 Å². The molecule has 2 aliphatic heterocycles. The zero-order chi connectivity index (χ0) is 40.2. The predicted octanol–water partition coefficient (Wildman–Crippen LogP) is 1.48. The molecule has 0 spiro atoms. The van der Waals surface area contributed by atoms with E-state index in [9.17, 15) is 52.8 Å². The van der Waals surface area contributed by atoms with Gasteiger partial charge in [0.1, 0.15) is 28.8 Å². The minimum atomic E-state index is -5.19. The second-order valence-corrected chi connectivity index (χ2v) is 14.0. The quantitative estimate of drug-likeness (QED) is 0.0412. The average molecular weight is 823 g/mol. The monoisotopic (exact) mass is 822 g/mol. The van der Waals surface area contributed by atoms with Crippen molar-refractivity contribution >= 4 is 85.2 Å². The highest BCUT2D eigenvalue weighted by molar-refractivity contribution is 8.00. The van der Waals surface area contributed by atoms with E-state index >= 15 is 0 Å². The molecular weight excluding hydrogens is 798 g/mol. The summed E-state index contributed by atoms with van der Waals surface area (Å²) in [6, 6.07) is 8.02. The number of thioether (sulfide) groups is 1. The molecule has 1 aromatic carbocycles. The van der Waals surface area contributed by atoms with Gasteiger partial charge in [0.25, 0.3) is 16.6 Å². The SMILES string of the molecule is Nc1nc(/C(=N\OC(C(=O)O)c2ccc(O)c(O)c2)C(=O)NC2C(=O)N3C(C(=O)O)=C(/C=C/C[n+]4cccc5ccsc54)CSC23)cs1.O=C([O-])C(F)(F)F. The number of nitrogen functional groups attached to an aromatic ring is 1. The van der Waals surface area contributed by atoms with E-state index in [1.54, 1.807) is 17.4 Å². The van der Waals surface area contributed by atoms with Crippen molar-refractivity contribution in [2.75, 3.05) is 11.5 Å². The van der Waals surface area contributed by atoms with Crippen molar-refractivity contribution in [1.29, 1.82) is 0 Å². The minimum absolute atomic E-state index is 0.0673. The maximum absolute atomic E-state index is 13.5. The van der Waals surface area contributed by atoms with Crippen molar-refractivity contribution in [2.24, 2.45) is 5.16 Å². The van der Waals surface area contributed by atoms with Crippen LogP contribution in [0.1, 0.15) is 17.4 Å². The number of allylic oxidation sites excluding steroid dienone is 2. The fourth-order valence-corrected chi connectivity index (χ4v) is 7.83. The van der Waals surface area contributed by atoms with Gasteiger partial charge >= 0.3 is 18.1 Å². The molecule has 0 aliphatic carbocycles. The maximum atomic E-state index is 13.5. The van der Waals surface area contributed by atoms with Crippen LogP contribution in [0.25, 0.3) is 10.2 Å². The number of fused-ring (bicyclic) bond motifs is 2. The van der Waals surface area contributed by atoms with Crippen LogP contribution in [0.3, 0.4) is 0 Å². The highest BCUT2D eigenvalue weighted by Gasteiger charge is 2.54. The number of aromatic hydroxyl groups is 2. The van der Waals surface area contributed by atoms with Crippen molar-refractivity contribution in [2.45, 2.75) is 30.2 Å². The molecule has 2 aliphatic rings. The molecule has 17 nitrogen and oxygen atoms in total. The van der Waals surface area contributed by atoms with Gasteiger partial charge in [0, 0.05) is 22.8 Å². The molecule has 23 heteroatoms. The van der Waals surface area contributed by atoms with Crippen LogP contribution in [0.5, 0.6) is 11.5 Å². The number of hydrogen-bond donors (Lipinski definition) is 6. The number of thiophene rings is 1. The Morgan fingerprint density at radius 2 is 1.89 bits per heavy atom. The standard InChI is InChI=1S/C30H24N6O9S3.C2HF3O2/c31-30-32-17(13-48-30)20(34-45-23(29(43)44)15-5-6-18(37)19(38)11-15)24(39)33-21-25(40)36-22(28(41)42)16(12-47-27(21)36)4-2-9-35-8-1-3-14-7-10-46-26(14)35;3-2(4,5)1(6)7/h1-8,10-11,13,21,23,27H,9,12H2,(H6-,31,32,33,34,37,38,39,41,42,43,44);(H,6,7)/b4-2+;. The van der Waals surface area contributed by atoms with Crippen LogP contribution in [0, 0.1) is 0 Å². The Balaban J connectivity index is 0.000000757. The number of halogens is 3. The van der Waals surface area contributed by atoms with Crippen LogP contribution in [-0.4, -0.2) is 89.1 Å². The number of hydrogen-bond acceptors (Lipinski definition) is 15. The average Bonchev–Trinajstić information content (AvgIpc) is 3.79. The number of β-lactam (4-membered cyclic amide) rings is 1. The number of aromatic nitrogens is 2. The second-order valence-electron chi connectivity index (χ2n) is 11.2. The van der Waals surface area contributed by atoms with Crippen LogP contribution < -0.4 is 20.7 Å². The molecule has 7 N–H and O–H groups in total. The van der Waals surface area contributed by atoms with Gasteiger partial charge in [0.2, 0.25) is 6.10 Å². The van der Waals surface area contributed by atoms with Gasteiger partial charge in [-0.3, -0.25) is 14.5 Å². The lowest BCUT2D eigenvalue weighted by molar-refractivity contribution is -0.658. The van der Waals surface area contributed by atoms with Gasteiger partial charge in [-0.05, 0) is 41.3 Å². The van der Waals surface area contributed by atoms with E-state index in [2.05, 4.69) is 15.5 Å². The Morgan fingerprint density at radius 1 is 1.16 bits per heavy atom. The molecule has 6 rings (SSSR count). The molecule has 0 saturated carbocycles. The topological polar surface area (TPSA) is 269 Å². The lowest BCUT2D eigenvalue weighted by atomic mass is 10.0. The van der Waals surface area contributed by atoms with Gasteiger partial charge in [-0.15, -0.1) is 23.1 Å². The van der Waals surface area contributed by atoms with E-state index in [0.29, 0.717) is 12.1 Å². The fraction of sp³-hybridized carbons (Fsp3) is 0.188. The van der Waals surface area contributed by atoms with Crippen molar-refractivity contribution in [1.82, 2.24) is 15.2 Å². The molecule has 0 bridgehead atoms. The highest BCUT2D eigenvalue weighted by atomic mass is 32.2. The molecule has 2 amide bonds. The molecule has 3 unspecified atom stereocenters. The molecular formula is C32H25F3N6O11S3. The number of nitrogens with one attached hydrogen (secondary N) is 1. The van der Waals surface area contributed by atoms with Crippen LogP contribution in [-0.2, 0) is 35.4 Å². The molecule has 3 atom stereocenters. The molecule has 1 fully saturated rings. The van der Waals surface area contributed by atoms with E-state index in [0.717, 1.165) is 38.6 Å². The number of phenols is 2. The van der Waals surface area contributed by atoms with E-state index in [1.165, 1.54) is 23.2 Å². The molecule has 55 heavy (non-hydrogen) atoms. The number of amides is 2. The summed E-state index contributed by atoms with van der Waals surface area (Å²) in [6.45, 7) is 0.483. The summed E-state index contributed by atoms with van der Waals surface area (Å²) in [5, 5.41) is 58.0. The molecule has 288 valence electrons. The Bertz CT molecular complexity index is 2270. The summed E-state index contributed by atoms with van der Waals surface area (Å²) < 4.78 is 33.6. The Hall–Kier alpha value is -6.20. The van der Waals surface area contributed by atoms with E-state index in [1.807, 2.05) is 40.4 Å². The zero-order valence-electron chi connectivity index (χ0n) is 27.4. The number of carbonyl (C=O) groups is 5. The number of thiazole rings is 1. The largest absolute Gasteiger partial charge is 0.542 e. The summed E-state index contributed by atoms with van der Waals surface area (Å²) in [5.74, 6) is -8.28. The fourth-order valence-electron chi connectivity index (χ4n) is 5.08. The first-order chi connectivity index (χ1) is 26.0. The van der Waals surface area contributed by atoms with Crippen LogP contribution in [0.2, 0.25) is 0 Å². The number of carboxylic acids is 3. The van der Waals surface area contributed by atoms with Crippen LogP contribution in [0.15, 0.2) is 81.9 Å². The zero-order valence-corrected chi connectivity index (χ0v) is 29.8. The van der Waals surface area contributed by atoms with Crippen LogP contribution in [0.4, 0.5) is 18.3 Å². The predicted molar refractivity (Wildman–Crippen MR) is 186 cm³/mol. The number of oxime groups is 1. The summed E-state index contributed by atoms with van der Waals surface area (Å²) in [4.78, 5) is 71.3. The summed E-state index contributed by atoms with van der Waals surface area (Å²) in [6.07, 6.45) is -1.56. The van der Waals surface area contributed by atoms with E-state index < -0.39 is 70.6 Å². The number of phenolic OH excluding ortho intramolecular Hbond substituents is 2. The minimum Gasteiger partial charge on any atom is -0.542 e. The maximum Gasteiger partial charge on any atom is 0.430 e. The Morgan fingerprint density at radius 3 is 2.51 bits per heavy atom. The van der Waals surface area contributed by atoms with Gasteiger partial charge < -0.3 is 46.2 Å². The first-order valence-electron chi connectivity index (χ1n) is 15.2. The van der Waals surface area contributed by atoms with Gasteiger partial charge in [0.05, 0.1) is 5.39 Å². The van der Waals surface area contributed by atoms with E-state index in [-0.39, 0.29) is 27.8 Å². The normalized spacial score (nSPS) is 17.5. The molecule has 1 saturated heterocycles. The first-order valence-corrected chi connectivity index (χ1v) is 18.0. The van der Waals surface area contributed by atoms with E-state index in [4.69, 9.17) is 20.5 Å². The molecule has 5 heterocycles. The number of rotatable bonds is 11. The van der Waals surface area contributed by atoms with Gasteiger partial charge in [-0.1, -0.05) is 28.6 Å². The number of anilines is 1. The Kier molecular flexibility index (Phi) is 12.0. The van der Waals surface area contributed by atoms with Gasteiger partial charge in [0.15, 0.2) is 35.1 Å². The molecule has 3 aromatic heterocycles. The summed E-state index contributed by atoms with van der Waals surface area (Å²) in [5.41, 5.74) is 5.33. The number of nitrogens with zero attached hydrogens (tertiary/aromatic N) is 4. The van der Waals surface area contributed by atoms with Gasteiger partial charge in [-0.25, -0.2) is 14.6 Å². The van der Waals surface area contributed by atoms with Gasteiger partial charge in [-0.2, -0.15) is 17.7 Å². The number of nitrogens with two attached hydrogens (primary N) is 1. The van der Waals surface area contributed by atoms with Crippen molar-refractivity contribution < 1.29 is 72.1 Å². The highest BCUT2D eigenvalue weighted by Crippen LogP contribution is 2.41. The lowest BCUT2D eigenvalue weighted by Gasteiger charge is -2.49. The smallest absolute Gasteiger partial charge is 0.430 e. The first kappa shape index (κ1) is 40.0. The van der Waals surface area contributed by atoms with Crippen LogP contribution >= 0.6 is 34.4 Å². The summed E-state index contributed by atoms with van der Waals surface area (Å²) >= 11 is 3.83. The summed E-state index contributed by atoms with van der Waals surface area (Å²) in [7, 11) is 0. The number of pyridine rings is 1. The molecule has 4 aromatic rings. The van der Waals surface area contributed by atoms with Crippen molar-refractivity contribution in [3.8, 4) is 11.5 Å². The number of aliphatic carboxylic acids is 3. The number of carboxylic acid groups (broad SMARTS) is 3. The number of alkyl halides is 3. The Labute approximate surface area is 318 Å². The third-order valence-corrected chi connectivity index (χ3v) is 10.5. The number of benzene rings is 1. The second kappa shape index (κ2) is 16.4.